The lowest BCUT2D eigenvalue weighted by Gasteiger charge is -2.08. The maximum absolute atomic E-state index is 5.87. The third kappa shape index (κ3) is 9.39. The Balaban J connectivity index is 1.64. The van der Waals surface area contributed by atoms with Gasteiger partial charge in [-0.3, -0.25) is 4.98 Å². The molecule has 0 spiro atoms. The quantitative estimate of drug-likeness (QED) is 0.301. The number of hydrogen-bond donors (Lipinski definition) is 0. The molecule has 28 heavy (non-hydrogen) atoms. The van der Waals surface area contributed by atoms with Gasteiger partial charge in [0, 0.05) is 11.9 Å². The molecule has 154 valence electrons. The number of pyridine rings is 1. The normalized spacial score (nSPS) is 10.9. The Hall–Kier alpha value is -1.83. The van der Waals surface area contributed by atoms with Gasteiger partial charge < -0.3 is 4.74 Å². The number of rotatable bonds is 15. The minimum absolute atomic E-state index is 0.835. The van der Waals surface area contributed by atoms with E-state index in [9.17, 15) is 0 Å². The number of hydrogen-bond acceptors (Lipinski definition) is 2. The summed E-state index contributed by atoms with van der Waals surface area (Å²) in [6.07, 6.45) is 16.9. The van der Waals surface area contributed by atoms with E-state index >= 15 is 0 Å². The molecule has 2 rings (SSSR count). The minimum atomic E-state index is 0.835. The number of nitrogens with zero attached hydrogens (tertiary/aromatic N) is 1. The smallest absolute Gasteiger partial charge is 0.119 e. The molecule has 0 saturated carbocycles. The average Bonchev–Trinajstić information content (AvgIpc) is 2.73. The van der Waals surface area contributed by atoms with Crippen molar-refractivity contribution >= 4 is 0 Å². The van der Waals surface area contributed by atoms with Gasteiger partial charge in [-0.2, -0.15) is 0 Å². The predicted molar refractivity (Wildman–Crippen MR) is 120 cm³/mol. The Labute approximate surface area is 172 Å². The highest BCUT2D eigenvalue weighted by molar-refractivity contribution is 5.28. The first kappa shape index (κ1) is 22.5. The lowest BCUT2D eigenvalue weighted by molar-refractivity contribution is 0.304. The summed E-state index contributed by atoms with van der Waals surface area (Å²) in [6.45, 7) is 5.33. The van der Waals surface area contributed by atoms with Crippen molar-refractivity contribution in [2.24, 2.45) is 0 Å². The molecule has 0 N–H and O–H groups in total. The lowest BCUT2D eigenvalue weighted by Crippen LogP contribution is -1.98. The van der Waals surface area contributed by atoms with Crippen LogP contribution in [0.4, 0.5) is 0 Å². The van der Waals surface area contributed by atoms with Gasteiger partial charge in [0.1, 0.15) is 5.75 Å². The van der Waals surface area contributed by atoms with Crippen molar-refractivity contribution in [3.63, 3.8) is 0 Å². The molecule has 1 heterocycles. The van der Waals surface area contributed by atoms with Gasteiger partial charge in [-0.1, -0.05) is 77.0 Å². The first-order valence-corrected chi connectivity index (χ1v) is 11.5. The summed E-state index contributed by atoms with van der Waals surface area (Å²) in [5.74, 6) is 0.996. The Kier molecular flexibility index (Phi) is 11.4. The van der Waals surface area contributed by atoms with Crippen molar-refractivity contribution in [2.75, 3.05) is 6.61 Å². The molecule has 2 aromatic rings. The van der Waals surface area contributed by atoms with Crippen LogP contribution in [0, 0.1) is 0 Å². The predicted octanol–water partition coefficient (Wildman–Crippen LogP) is 7.34. The summed E-state index contributed by atoms with van der Waals surface area (Å²) >= 11 is 0. The molecule has 1 aromatic carbocycles. The van der Waals surface area contributed by atoms with Crippen LogP contribution in [0.25, 0.3) is 0 Å². The van der Waals surface area contributed by atoms with Crippen molar-refractivity contribution in [2.45, 2.75) is 90.9 Å². The molecule has 0 unspecified atom stereocenters. The summed E-state index contributed by atoms with van der Waals surface area (Å²) in [5, 5.41) is 0. The third-order valence-electron chi connectivity index (χ3n) is 5.31. The fraction of sp³-hybridized carbons (Fsp3) is 0.577. The van der Waals surface area contributed by atoms with Gasteiger partial charge in [-0.05, 0) is 61.4 Å². The first-order valence-electron chi connectivity index (χ1n) is 11.5. The molecule has 0 atom stereocenters. The van der Waals surface area contributed by atoms with E-state index in [1.54, 1.807) is 0 Å². The molecule has 2 heteroatoms. The number of aryl methyl sites for hydroxylation is 3. The third-order valence-corrected chi connectivity index (χ3v) is 5.31. The van der Waals surface area contributed by atoms with E-state index in [1.807, 2.05) is 0 Å². The Morgan fingerprint density at radius 2 is 1.29 bits per heavy atom. The van der Waals surface area contributed by atoms with Gasteiger partial charge in [-0.15, -0.1) is 0 Å². The highest BCUT2D eigenvalue weighted by atomic mass is 16.5. The fourth-order valence-electron chi connectivity index (χ4n) is 3.42. The molecule has 0 saturated heterocycles. The summed E-state index contributed by atoms with van der Waals surface area (Å²) in [6, 6.07) is 13.1. The highest BCUT2D eigenvalue weighted by Crippen LogP contribution is 2.15. The average molecular weight is 382 g/mol. The van der Waals surface area contributed by atoms with Crippen molar-refractivity contribution in [1.82, 2.24) is 4.98 Å². The fourth-order valence-corrected chi connectivity index (χ4v) is 3.42. The summed E-state index contributed by atoms with van der Waals surface area (Å²) in [5.41, 5.74) is 3.91. The molecule has 0 bridgehead atoms. The van der Waals surface area contributed by atoms with Crippen molar-refractivity contribution < 1.29 is 4.74 Å². The second-order valence-electron chi connectivity index (χ2n) is 7.88. The maximum Gasteiger partial charge on any atom is 0.119 e. The van der Waals surface area contributed by atoms with Crippen molar-refractivity contribution in [3.05, 3.63) is 59.4 Å². The van der Waals surface area contributed by atoms with E-state index in [2.05, 4.69) is 61.4 Å². The van der Waals surface area contributed by atoms with Crippen molar-refractivity contribution in [1.29, 1.82) is 0 Å². The molecule has 2 nitrogen and oxygen atoms in total. The standard InChI is InChI=1S/C26H39NO/c1-3-5-7-8-9-11-21-28-26-19-16-23(17-20-26)13-14-24-15-18-25(27-22-24)12-10-6-4-2/h15-20,22H,3-14,21H2,1-2H3. The minimum Gasteiger partial charge on any atom is -0.494 e. The molecule has 0 aliphatic rings. The zero-order valence-corrected chi connectivity index (χ0v) is 18.1. The topological polar surface area (TPSA) is 22.1 Å². The number of benzene rings is 1. The van der Waals surface area contributed by atoms with Gasteiger partial charge in [0.15, 0.2) is 0 Å². The Bertz CT molecular complexity index is 618. The zero-order chi connectivity index (χ0) is 19.9. The van der Waals surface area contributed by atoms with Crippen LogP contribution in [0.5, 0.6) is 5.75 Å². The molecule has 1 aromatic heterocycles. The summed E-state index contributed by atoms with van der Waals surface area (Å²) in [4.78, 5) is 4.62. The van der Waals surface area contributed by atoms with E-state index in [4.69, 9.17) is 4.74 Å². The van der Waals surface area contributed by atoms with E-state index in [0.29, 0.717) is 0 Å². The van der Waals surface area contributed by atoms with E-state index in [0.717, 1.165) is 38.0 Å². The maximum atomic E-state index is 5.87. The first-order chi connectivity index (χ1) is 13.8. The monoisotopic (exact) mass is 381 g/mol. The van der Waals surface area contributed by atoms with Crippen LogP contribution < -0.4 is 4.74 Å². The number of aromatic nitrogens is 1. The van der Waals surface area contributed by atoms with Gasteiger partial charge in [0.05, 0.1) is 6.61 Å². The Morgan fingerprint density at radius 1 is 0.643 bits per heavy atom. The number of unbranched alkanes of at least 4 members (excludes halogenated alkanes) is 7. The summed E-state index contributed by atoms with van der Waals surface area (Å²) < 4.78 is 5.87. The van der Waals surface area contributed by atoms with Gasteiger partial charge >= 0.3 is 0 Å². The Morgan fingerprint density at radius 3 is 2.00 bits per heavy atom. The van der Waals surface area contributed by atoms with Crippen LogP contribution >= 0.6 is 0 Å². The van der Waals surface area contributed by atoms with E-state index in [1.165, 1.54) is 68.2 Å². The number of ether oxygens (including phenoxy) is 1. The van der Waals surface area contributed by atoms with Crippen molar-refractivity contribution in [3.8, 4) is 5.75 Å². The van der Waals surface area contributed by atoms with Gasteiger partial charge in [0.2, 0.25) is 0 Å². The second kappa shape index (κ2) is 14.2. The molecule has 0 amide bonds. The zero-order valence-electron chi connectivity index (χ0n) is 18.1. The van der Waals surface area contributed by atoms with Gasteiger partial charge in [0.25, 0.3) is 0 Å². The largest absolute Gasteiger partial charge is 0.494 e. The van der Waals surface area contributed by atoms with Crippen LogP contribution in [0.2, 0.25) is 0 Å². The van der Waals surface area contributed by atoms with Gasteiger partial charge in [-0.25, -0.2) is 0 Å². The molecule has 0 radical (unpaired) electrons. The van der Waals surface area contributed by atoms with Crippen LogP contribution in [-0.2, 0) is 19.3 Å². The highest BCUT2D eigenvalue weighted by Gasteiger charge is 2.00. The van der Waals surface area contributed by atoms with Crippen LogP contribution in [-0.4, -0.2) is 11.6 Å². The molecule has 0 fully saturated rings. The molecular formula is C26H39NO. The summed E-state index contributed by atoms with van der Waals surface area (Å²) in [7, 11) is 0. The van der Waals surface area contributed by atoms with E-state index in [-0.39, 0.29) is 0 Å². The van der Waals surface area contributed by atoms with E-state index < -0.39 is 0 Å². The molecule has 0 aliphatic carbocycles. The molecular weight excluding hydrogens is 342 g/mol. The SMILES string of the molecule is CCCCCCCCOc1ccc(CCc2ccc(CCCCC)nc2)cc1. The van der Waals surface area contributed by atoms with Crippen LogP contribution in [0.3, 0.4) is 0 Å². The molecule has 0 aliphatic heterocycles. The van der Waals surface area contributed by atoms with Crippen LogP contribution in [0.1, 0.15) is 88.5 Å². The second-order valence-corrected chi connectivity index (χ2v) is 7.88. The van der Waals surface area contributed by atoms with Crippen LogP contribution in [0.15, 0.2) is 42.6 Å². The lowest BCUT2D eigenvalue weighted by atomic mass is 10.0.